The fourth-order valence-electron chi connectivity index (χ4n) is 2.00. The Morgan fingerprint density at radius 3 is 2.67 bits per heavy atom. The summed E-state index contributed by atoms with van der Waals surface area (Å²) in [6.45, 7) is 0.646. The Labute approximate surface area is 117 Å². The highest BCUT2D eigenvalue weighted by Crippen LogP contribution is 2.39. The monoisotopic (exact) mass is 383 g/mol. The number of halogens is 1. The summed E-state index contributed by atoms with van der Waals surface area (Å²) in [5, 5.41) is 16.1. The summed E-state index contributed by atoms with van der Waals surface area (Å²) >= 11 is 2.11. The van der Waals surface area contributed by atoms with Crippen LogP contribution in [0.4, 0.5) is 11.4 Å². The minimum absolute atomic E-state index is 0.203. The molecule has 9 heteroatoms. The Bertz CT molecular complexity index is 616. The van der Waals surface area contributed by atoms with Crippen LogP contribution in [0.1, 0.15) is 5.56 Å². The number of sulfonamides is 1. The van der Waals surface area contributed by atoms with E-state index in [-0.39, 0.29) is 10.6 Å². The topological polar surface area (TPSA) is 107 Å². The molecule has 1 aliphatic heterocycles. The van der Waals surface area contributed by atoms with Crippen molar-refractivity contribution in [3.8, 4) is 0 Å². The van der Waals surface area contributed by atoms with E-state index in [4.69, 9.17) is 5.14 Å². The number of rotatable bonds is 3. The van der Waals surface area contributed by atoms with Crippen molar-refractivity contribution in [3.05, 3.63) is 27.8 Å². The summed E-state index contributed by atoms with van der Waals surface area (Å²) < 4.78 is 23.2. The van der Waals surface area contributed by atoms with Gasteiger partial charge in [0, 0.05) is 12.6 Å². The van der Waals surface area contributed by atoms with Crippen LogP contribution in [0.2, 0.25) is 0 Å². The van der Waals surface area contributed by atoms with Crippen molar-refractivity contribution in [2.45, 2.75) is 11.3 Å². The number of primary sulfonamides is 1. The Hall–Kier alpha value is -0.940. The first-order chi connectivity index (χ1) is 8.34. The van der Waals surface area contributed by atoms with Gasteiger partial charge in [-0.05, 0) is 18.1 Å². The zero-order chi connectivity index (χ0) is 13.5. The first-order valence-corrected chi connectivity index (χ1v) is 8.07. The second-order valence-corrected chi connectivity index (χ2v) is 6.13. The van der Waals surface area contributed by atoms with Crippen LogP contribution in [0.5, 0.6) is 0 Å². The first-order valence-electron chi connectivity index (χ1n) is 4.99. The van der Waals surface area contributed by atoms with Crippen molar-refractivity contribution >= 4 is 44.0 Å². The second kappa shape index (κ2) is 4.63. The Morgan fingerprint density at radius 2 is 2.17 bits per heavy atom. The molecular formula is C9H10IN3O4S. The molecule has 0 spiro atoms. The van der Waals surface area contributed by atoms with Crippen LogP contribution in [0.3, 0.4) is 0 Å². The van der Waals surface area contributed by atoms with Crippen molar-refractivity contribution in [2.24, 2.45) is 5.14 Å². The highest BCUT2D eigenvalue weighted by atomic mass is 127. The minimum atomic E-state index is -3.93. The quantitative estimate of drug-likeness (QED) is 0.276. The molecule has 1 heterocycles. The molecule has 2 N–H and O–H groups in total. The molecule has 1 aromatic rings. The van der Waals surface area contributed by atoms with Gasteiger partial charge in [-0.25, -0.2) is 13.6 Å². The Balaban J connectivity index is 2.70. The molecule has 1 aliphatic rings. The van der Waals surface area contributed by atoms with Gasteiger partial charge in [0.1, 0.15) is 5.69 Å². The van der Waals surface area contributed by atoms with E-state index in [1.165, 1.54) is 6.07 Å². The van der Waals surface area contributed by atoms with Crippen LogP contribution in [0, 0.1) is 10.1 Å². The molecule has 2 rings (SSSR count). The Kier molecular flexibility index (Phi) is 3.47. The van der Waals surface area contributed by atoms with Crippen LogP contribution in [-0.2, 0) is 16.4 Å². The summed E-state index contributed by atoms with van der Waals surface area (Å²) in [6.07, 6.45) is 0.586. The predicted octanol–water partition coefficient (Wildman–Crippen LogP) is 0.997. The molecular weight excluding hydrogens is 373 g/mol. The lowest BCUT2D eigenvalue weighted by molar-refractivity contribution is -0.384. The second-order valence-electron chi connectivity index (χ2n) is 3.89. The van der Waals surface area contributed by atoms with Crippen LogP contribution < -0.4 is 10.0 Å². The molecule has 1 aromatic carbocycles. The van der Waals surface area contributed by atoms with E-state index in [0.29, 0.717) is 28.8 Å². The number of anilines is 1. The molecule has 0 amide bonds. The fraction of sp³-hybridized carbons (Fsp3) is 0.333. The maximum atomic E-state index is 11.3. The van der Waals surface area contributed by atoms with Gasteiger partial charge >= 0.3 is 0 Å². The van der Waals surface area contributed by atoms with Gasteiger partial charge in [0.25, 0.3) is 5.69 Å². The molecule has 0 fully saturated rings. The first kappa shape index (κ1) is 13.5. The molecule has 0 radical (unpaired) electrons. The average Bonchev–Trinajstić information content (AvgIpc) is 2.69. The molecule has 0 unspecified atom stereocenters. The lowest BCUT2D eigenvalue weighted by Crippen LogP contribution is -2.19. The molecule has 0 saturated heterocycles. The van der Waals surface area contributed by atoms with E-state index in [1.54, 1.807) is 0 Å². The smallest absolute Gasteiger partial charge is 0.294 e. The lowest BCUT2D eigenvalue weighted by atomic mass is 10.1. The van der Waals surface area contributed by atoms with Gasteiger partial charge in [0.15, 0.2) is 0 Å². The van der Waals surface area contributed by atoms with E-state index < -0.39 is 14.9 Å². The van der Waals surface area contributed by atoms with Gasteiger partial charge < -0.3 is 4.90 Å². The number of nitro benzene ring substituents is 1. The van der Waals surface area contributed by atoms with E-state index in [2.05, 4.69) is 22.6 Å². The normalized spacial score (nSPS) is 14.7. The fourth-order valence-corrected chi connectivity index (χ4v) is 3.26. The van der Waals surface area contributed by atoms with Crippen molar-refractivity contribution < 1.29 is 13.3 Å². The number of benzene rings is 1. The number of fused-ring (bicyclic) bond motifs is 1. The maximum Gasteiger partial charge on any atom is 0.294 e. The SMILES string of the molecule is NS(=O)(=O)c1cc2c(c([N+](=O)[O-])c1)N(CI)CC2. The summed E-state index contributed by atoms with van der Waals surface area (Å²) in [5.41, 5.74) is 0.956. The number of nitrogens with two attached hydrogens (primary N) is 1. The zero-order valence-corrected chi connectivity index (χ0v) is 12.1. The van der Waals surface area contributed by atoms with Crippen molar-refractivity contribution in [1.82, 2.24) is 0 Å². The predicted molar refractivity (Wildman–Crippen MR) is 74.4 cm³/mol. The molecule has 0 bridgehead atoms. The molecule has 18 heavy (non-hydrogen) atoms. The number of hydrogen-bond acceptors (Lipinski definition) is 5. The van der Waals surface area contributed by atoms with Crippen molar-refractivity contribution in [2.75, 3.05) is 16.0 Å². The average molecular weight is 383 g/mol. The highest BCUT2D eigenvalue weighted by Gasteiger charge is 2.30. The summed E-state index contributed by atoms with van der Waals surface area (Å²) in [6, 6.07) is 2.45. The zero-order valence-electron chi connectivity index (χ0n) is 9.17. The van der Waals surface area contributed by atoms with E-state index in [1.807, 2.05) is 4.90 Å². The van der Waals surface area contributed by atoms with Gasteiger partial charge in [0.05, 0.1) is 14.4 Å². The molecule has 0 aromatic heterocycles. The number of hydrogen-bond donors (Lipinski definition) is 1. The van der Waals surface area contributed by atoms with Crippen LogP contribution in [0.25, 0.3) is 0 Å². The third-order valence-corrected chi connectivity index (χ3v) is 4.50. The van der Waals surface area contributed by atoms with Gasteiger partial charge in [-0.15, -0.1) is 0 Å². The van der Waals surface area contributed by atoms with Gasteiger partial charge in [-0.3, -0.25) is 10.1 Å². The molecule has 7 nitrogen and oxygen atoms in total. The maximum absolute atomic E-state index is 11.3. The standard InChI is InChI=1S/C9H10IN3O4S/c10-5-12-2-1-6-3-7(18(11,16)17)4-8(9(6)12)13(14)15/h3-4H,1-2,5H2,(H2,11,16,17). The number of alkyl halides is 1. The summed E-state index contributed by atoms with van der Waals surface area (Å²) in [5.74, 6) is 0. The van der Waals surface area contributed by atoms with E-state index in [9.17, 15) is 18.5 Å². The van der Waals surface area contributed by atoms with Crippen LogP contribution >= 0.6 is 22.6 Å². The van der Waals surface area contributed by atoms with Crippen molar-refractivity contribution in [1.29, 1.82) is 0 Å². The van der Waals surface area contributed by atoms with Gasteiger partial charge in [-0.2, -0.15) is 0 Å². The molecule has 0 atom stereocenters. The third kappa shape index (κ3) is 2.29. The highest BCUT2D eigenvalue weighted by molar-refractivity contribution is 14.1. The number of nitrogens with zero attached hydrogens (tertiary/aromatic N) is 2. The van der Waals surface area contributed by atoms with E-state index in [0.717, 1.165) is 6.07 Å². The minimum Gasteiger partial charge on any atom is -0.356 e. The molecule has 0 saturated carbocycles. The number of nitro groups is 1. The lowest BCUT2D eigenvalue weighted by Gasteiger charge is -2.15. The molecule has 0 aliphatic carbocycles. The largest absolute Gasteiger partial charge is 0.356 e. The molecule has 98 valence electrons. The van der Waals surface area contributed by atoms with Crippen LogP contribution in [0.15, 0.2) is 17.0 Å². The van der Waals surface area contributed by atoms with Gasteiger partial charge in [0.2, 0.25) is 10.0 Å². The summed E-state index contributed by atoms with van der Waals surface area (Å²) in [7, 11) is -3.93. The summed E-state index contributed by atoms with van der Waals surface area (Å²) in [4.78, 5) is 12.1. The van der Waals surface area contributed by atoms with Crippen LogP contribution in [-0.4, -0.2) is 24.4 Å². The Morgan fingerprint density at radius 1 is 1.50 bits per heavy atom. The van der Waals surface area contributed by atoms with E-state index >= 15 is 0 Å². The van der Waals surface area contributed by atoms with Crippen molar-refractivity contribution in [3.63, 3.8) is 0 Å². The van der Waals surface area contributed by atoms with Gasteiger partial charge in [-0.1, -0.05) is 22.6 Å². The third-order valence-electron chi connectivity index (χ3n) is 2.78.